The van der Waals surface area contributed by atoms with E-state index in [-0.39, 0.29) is 35.4 Å². The lowest BCUT2D eigenvalue weighted by molar-refractivity contribution is -0.133. The summed E-state index contributed by atoms with van der Waals surface area (Å²) in [6, 6.07) is 11.5. The average molecular weight is 517 g/mol. The summed E-state index contributed by atoms with van der Waals surface area (Å²) in [6.45, 7) is 2.79. The van der Waals surface area contributed by atoms with E-state index in [4.69, 9.17) is 10.3 Å². The molecule has 1 unspecified atom stereocenters. The van der Waals surface area contributed by atoms with Crippen LogP contribution in [0.2, 0.25) is 0 Å². The van der Waals surface area contributed by atoms with Crippen LogP contribution in [0, 0.1) is 5.92 Å². The fourth-order valence-corrected chi connectivity index (χ4v) is 4.90. The summed E-state index contributed by atoms with van der Waals surface area (Å²) in [5.74, 6) is 0.457. The van der Waals surface area contributed by atoms with Gasteiger partial charge in [-0.1, -0.05) is 17.3 Å². The highest BCUT2D eigenvalue weighted by atomic mass is 16.5. The molecule has 5 rings (SSSR count). The van der Waals surface area contributed by atoms with E-state index in [0.29, 0.717) is 43.1 Å². The van der Waals surface area contributed by atoms with Gasteiger partial charge in [0.05, 0.1) is 24.0 Å². The zero-order valence-electron chi connectivity index (χ0n) is 21.3. The molecule has 2 aromatic heterocycles. The van der Waals surface area contributed by atoms with Crippen LogP contribution in [0.3, 0.4) is 0 Å². The van der Waals surface area contributed by atoms with Crippen LogP contribution in [-0.4, -0.2) is 51.9 Å². The maximum atomic E-state index is 13.2. The molecule has 38 heavy (non-hydrogen) atoms. The summed E-state index contributed by atoms with van der Waals surface area (Å²) in [7, 11) is 0. The minimum atomic E-state index is -0.551. The van der Waals surface area contributed by atoms with E-state index in [1.165, 1.54) is 0 Å². The van der Waals surface area contributed by atoms with Crippen molar-refractivity contribution in [2.75, 3.05) is 18.4 Å². The number of hydrogen-bond donors (Lipinski definition) is 3. The number of nitrogens with one attached hydrogen (secondary N) is 2. The second-order valence-electron chi connectivity index (χ2n) is 10.1. The Kier molecular flexibility index (Phi) is 7.50. The van der Waals surface area contributed by atoms with Crippen molar-refractivity contribution in [3.8, 4) is 0 Å². The van der Waals surface area contributed by atoms with Gasteiger partial charge in [-0.05, 0) is 68.4 Å². The molecular weight excluding hydrogens is 484 g/mol. The minimum Gasteiger partial charge on any atom is -0.360 e. The molecule has 2 fully saturated rings. The molecule has 1 aliphatic heterocycles. The van der Waals surface area contributed by atoms with E-state index in [0.717, 1.165) is 24.2 Å². The predicted molar refractivity (Wildman–Crippen MR) is 140 cm³/mol. The lowest BCUT2D eigenvalue weighted by Gasteiger charge is -2.37. The number of pyridine rings is 1. The molecule has 0 bridgehead atoms. The van der Waals surface area contributed by atoms with Crippen LogP contribution in [0.15, 0.2) is 59.4 Å². The molecule has 198 valence electrons. The second-order valence-corrected chi connectivity index (χ2v) is 10.1. The van der Waals surface area contributed by atoms with Crippen LogP contribution < -0.4 is 16.4 Å². The van der Waals surface area contributed by atoms with Crippen LogP contribution in [0.25, 0.3) is 0 Å². The number of nitrogens with zero attached hydrogens (tertiary/aromatic N) is 3. The molecule has 1 saturated heterocycles. The maximum Gasteiger partial charge on any atom is 0.273 e. The molecule has 0 spiro atoms. The first-order chi connectivity index (χ1) is 18.4. The number of rotatable bonds is 8. The summed E-state index contributed by atoms with van der Waals surface area (Å²) >= 11 is 0. The fraction of sp³-hybridized carbons (Fsp3) is 0.393. The van der Waals surface area contributed by atoms with Gasteiger partial charge in [0.25, 0.3) is 11.8 Å². The Morgan fingerprint density at radius 3 is 2.53 bits per heavy atom. The lowest BCUT2D eigenvalue weighted by atomic mass is 9.84. The molecule has 3 heterocycles. The first kappa shape index (κ1) is 25.6. The molecule has 1 aliphatic carbocycles. The third-order valence-corrected chi connectivity index (χ3v) is 7.17. The largest absolute Gasteiger partial charge is 0.360 e. The van der Waals surface area contributed by atoms with Gasteiger partial charge < -0.3 is 25.8 Å². The molecule has 2 aliphatic rings. The molecule has 2 atom stereocenters. The van der Waals surface area contributed by atoms with Gasteiger partial charge in [0.2, 0.25) is 5.91 Å². The molecular formula is C28H32N6O4. The SMILES string of the molecule is C[C@H](N)C(=O)N1CCC(C(NC(=O)c2cc(C3CC3)on2)c2cccc(C(=O)Nc3cccnc3)c2)CC1. The second kappa shape index (κ2) is 11.1. The Balaban J connectivity index is 1.36. The first-order valence-electron chi connectivity index (χ1n) is 13.0. The Bertz CT molecular complexity index is 1300. The van der Waals surface area contributed by atoms with Crippen LogP contribution in [0.5, 0.6) is 0 Å². The topological polar surface area (TPSA) is 143 Å². The van der Waals surface area contributed by atoms with Crippen molar-refractivity contribution in [1.82, 2.24) is 20.4 Å². The van der Waals surface area contributed by atoms with Gasteiger partial charge in [-0.15, -0.1) is 0 Å². The normalized spacial score (nSPS) is 17.5. The van der Waals surface area contributed by atoms with E-state index in [2.05, 4.69) is 20.8 Å². The molecule has 10 nitrogen and oxygen atoms in total. The van der Waals surface area contributed by atoms with Crippen LogP contribution in [-0.2, 0) is 4.79 Å². The van der Waals surface area contributed by atoms with Crippen molar-refractivity contribution in [3.63, 3.8) is 0 Å². The van der Waals surface area contributed by atoms with Crippen molar-refractivity contribution in [2.45, 2.75) is 50.6 Å². The van der Waals surface area contributed by atoms with E-state index in [9.17, 15) is 14.4 Å². The highest BCUT2D eigenvalue weighted by molar-refractivity contribution is 6.04. The van der Waals surface area contributed by atoms with Crippen molar-refractivity contribution in [3.05, 3.63) is 77.4 Å². The van der Waals surface area contributed by atoms with Crippen molar-refractivity contribution in [1.29, 1.82) is 0 Å². The third-order valence-electron chi connectivity index (χ3n) is 7.17. The molecule has 10 heteroatoms. The molecule has 4 N–H and O–H groups in total. The summed E-state index contributed by atoms with van der Waals surface area (Å²) in [5.41, 5.74) is 7.91. The maximum absolute atomic E-state index is 13.2. The number of carbonyl (C=O) groups excluding carboxylic acids is 3. The van der Waals surface area contributed by atoms with Gasteiger partial charge in [-0.2, -0.15) is 0 Å². The van der Waals surface area contributed by atoms with E-state index >= 15 is 0 Å². The monoisotopic (exact) mass is 516 g/mol. The van der Waals surface area contributed by atoms with Crippen LogP contribution in [0.4, 0.5) is 5.69 Å². The van der Waals surface area contributed by atoms with Gasteiger partial charge in [-0.3, -0.25) is 19.4 Å². The summed E-state index contributed by atoms with van der Waals surface area (Å²) in [4.78, 5) is 44.4. The number of amides is 3. The Hall–Kier alpha value is -4.05. The number of piperidine rings is 1. The Labute approximate surface area is 221 Å². The first-order valence-corrected chi connectivity index (χ1v) is 13.0. The van der Waals surface area contributed by atoms with Crippen LogP contribution >= 0.6 is 0 Å². The van der Waals surface area contributed by atoms with Crippen molar-refractivity contribution >= 4 is 23.4 Å². The van der Waals surface area contributed by atoms with Gasteiger partial charge in [0, 0.05) is 36.8 Å². The zero-order valence-corrected chi connectivity index (χ0v) is 21.3. The quantitative estimate of drug-likeness (QED) is 0.417. The average Bonchev–Trinajstić information content (AvgIpc) is 3.67. The van der Waals surface area contributed by atoms with E-state index < -0.39 is 6.04 Å². The lowest BCUT2D eigenvalue weighted by Crippen LogP contribution is -2.47. The predicted octanol–water partition coefficient (Wildman–Crippen LogP) is 3.26. The zero-order chi connectivity index (χ0) is 26.6. The fourth-order valence-electron chi connectivity index (χ4n) is 4.90. The number of benzene rings is 1. The Morgan fingerprint density at radius 2 is 1.84 bits per heavy atom. The summed E-state index contributed by atoms with van der Waals surface area (Å²) in [5, 5.41) is 9.99. The van der Waals surface area contributed by atoms with Crippen molar-refractivity contribution < 1.29 is 18.9 Å². The van der Waals surface area contributed by atoms with Crippen molar-refractivity contribution in [2.24, 2.45) is 11.7 Å². The molecule has 3 aromatic rings. The van der Waals surface area contributed by atoms with Crippen LogP contribution in [0.1, 0.15) is 76.7 Å². The Morgan fingerprint density at radius 1 is 1.05 bits per heavy atom. The molecule has 0 radical (unpaired) electrons. The highest BCUT2D eigenvalue weighted by Crippen LogP contribution is 2.40. The summed E-state index contributed by atoms with van der Waals surface area (Å²) < 4.78 is 5.39. The highest BCUT2D eigenvalue weighted by Gasteiger charge is 2.33. The number of anilines is 1. The van der Waals surface area contributed by atoms with Gasteiger partial charge in [0.1, 0.15) is 5.76 Å². The minimum absolute atomic E-state index is 0.0440. The van der Waals surface area contributed by atoms with Gasteiger partial charge in [-0.25, -0.2) is 0 Å². The number of hydrogen-bond acceptors (Lipinski definition) is 7. The smallest absolute Gasteiger partial charge is 0.273 e. The molecule has 3 amide bonds. The molecule has 1 aromatic carbocycles. The summed E-state index contributed by atoms with van der Waals surface area (Å²) in [6.07, 6.45) is 6.68. The van der Waals surface area contributed by atoms with Gasteiger partial charge >= 0.3 is 0 Å². The number of carbonyl (C=O) groups is 3. The number of nitrogens with two attached hydrogens (primary N) is 1. The number of likely N-dealkylation sites (tertiary alicyclic amines) is 1. The van der Waals surface area contributed by atoms with E-state index in [1.54, 1.807) is 54.5 Å². The van der Waals surface area contributed by atoms with Gasteiger partial charge in [0.15, 0.2) is 5.69 Å². The molecule has 1 saturated carbocycles. The van der Waals surface area contributed by atoms with E-state index in [1.807, 2.05) is 12.1 Å². The third kappa shape index (κ3) is 5.91. The standard InChI is InChI=1S/C28H32N6O4/c1-17(29)28(37)34-12-9-19(10-13-34)25(32-27(36)23-15-24(38-33-23)18-7-8-18)20-4-2-5-21(14-20)26(35)31-22-6-3-11-30-16-22/h2-6,11,14-19,25H,7-10,12-13,29H2,1H3,(H,31,35)(H,32,36)/t17-,25?/m0/s1. The number of aromatic nitrogens is 2.